The molecule has 4 heterocycles. The lowest BCUT2D eigenvalue weighted by atomic mass is 9.86. The van der Waals surface area contributed by atoms with Crippen molar-refractivity contribution < 1.29 is 0 Å². The average Bonchev–Trinajstić information content (AvgIpc) is 3.27. The van der Waals surface area contributed by atoms with Crippen LogP contribution >= 0.6 is 11.3 Å². The van der Waals surface area contributed by atoms with Gasteiger partial charge in [-0.25, -0.2) is 14.5 Å². The Hall–Kier alpha value is -2.28. The summed E-state index contributed by atoms with van der Waals surface area (Å²) in [4.78, 5) is 12.1. The van der Waals surface area contributed by atoms with Crippen LogP contribution in [-0.2, 0) is 19.9 Å². The second-order valence-electron chi connectivity index (χ2n) is 6.94. The molecule has 0 saturated carbocycles. The fraction of sp³-hybridized carbons (Fsp3) is 0.444. The maximum Gasteiger partial charge on any atom is 0.200 e. The number of fused-ring (bicyclic) bond motifs is 5. The van der Waals surface area contributed by atoms with Crippen LogP contribution in [0.15, 0.2) is 12.4 Å². The molecule has 0 fully saturated rings. The summed E-state index contributed by atoms with van der Waals surface area (Å²) in [6, 6.07) is 2.02. The first-order valence-electron chi connectivity index (χ1n) is 8.80. The molecule has 0 bridgehead atoms. The van der Waals surface area contributed by atoms with E-state index < -0.39 is 0 Å². The van der Waals surface area contributed by atoms with Crippen molar-refractivity contribution in [2.75, 3.05) is 0 Å². The first-order chi connectivity index (χ1) is 12.1. The molecule has 4 aromatic heterocycles. The van der Waals surface area contributed by atoms with Crippen LogP contribution in [0.25, 0.3) is 27.4 Å². The van der Waals surface area contributed by atoms with Crippen molar-refractivity contribution in [1.29, 1.82) is 0 Å². The number of hydrogen-bond acceptors (Lipinski definition) is 5. The van der Waals surface area contributed by atoms with E-state index in [1.807, 2.05) is 40.6 Å². The molecular formula is C18H20N6S. The van der Waals surface area contributed by atoms with Gasteiger partial charge in [-0.2, -0.15) is 5.10 Å². The molecule has 0 saturated heterocycles. The molecule has 6 nitrogen and oxygen atoms in total. The van der Waals surface area contributed by atoms with E-state index in [4.69, 9.17) is 4.98 Å². The van der Waals surface area contributed by atoms with Gasteiger partial charge in [0.25, 0.3) is 0 Å². The van der Waals surface area contributed by atoms with Crippen LogP contribution in [0.2, 0.25) is 0 Å². The van der Waals surface area contributed by atoms with Gasteiger partial charge in [-0.05, 0) is 43.7 Å². The molecular weight excluding hydrogens is 332 g/mol. The summed E-state index contributed by atoms with van der Waals surface area (Å²) < 4.78 is 3.66. The maximum absolute atomic E-state index is 4.86. The smallest absolute Gasteiger partial charge is 0.200 e. The van der Waals surface area contributed by atoms with Gasteiger partial charge in [-0.3, -0.25) is 4.68 Å². The van der Waals surface area contributed by atoms with Crippen molar-refractivity contribution in [2.45, 2.75) is 39.5 Å². The third kappa shape index (κ3) is 2.22. The van der Waals surface area contributed by atoms with Crippen molar-refractivity contribution in [3.05, 3.63) is 28.5 Å². The molecule has 128 valence electrons. The van der Waals surface area contributed by atoms with E-state index in [1.54, 1.807) is 6.33 Å². The molecule has 0 radical (unpaired) electrons. The van der Waals surface area contributed by atoms with Crippen LogP contribution in [-0.4, -0.2) is 29.4 Å². The van der Waals surface area contributed by atoms with Crippen molar-refractivity contribution in [2.24, 2.45) is 13.0 Å². The highest BCUT2D eigenvalue weighted by Gasteiger charge is 2.25. The van der Waals surface area contributed by atoms with Crippen LogP contribution in [0.1, 0.15) is 35.9 Å². The summed E-state index contributed by atoms with van der Waals surface area (Å²) in [6.07, 6.45) is 6.61. The summed E-state index contributed by atoms with van der Waals surface area (Å²) in [7, 11) is 1.93. The summed E-state index contributed by atoms with van der Waals surface area (Å²) in [6.45, 7) is 4.28. The van der Waals surface area contributed by atoms with Crippen LogP contribution in [0.3, 0.4) is 0 Å². The number of thiophene rings is 1. The quantitative estimate of drug-likeness (QED) is 0.553. The lowest BCUT2D eigenvalue weighted by Crippen LogP contribution is -2.11. The third-order valence-electron chi connectivity index (χ3n) is 5.30. The molecule has 4 aromatic rings. The third-order valence-corrected chi connectivity index (χ3v) is 6.46. The Labute approximate surface area is 149 Å². The van der Waals surface area contributed by atoms with Gasteiger partial charge in [0.05, 0.1) is 11.1 Å². The number of nitrogens with zero attached hydrogens (tertiary/aromatic N) is 6. The average molecular weight is 352 g/mol. The summed E-state index contributed by atoms with van der Waals surface area (Å²) in [5.74, 6) is 1.52. The first kappa shape index (κ1) is 15.0. The lowest BCUT2D eigenvalue weighted by molar-refractivity contribution is 0.451. The minimum absolute atomic E-state index is 0.708. The Bertz CT molecular complexity index is 1100. The fourth-order valence-corrected chi connectivity index (χ4v) is 5.22. The van der Waals surface area contributed by atoms with E-state index >= 15 is 0 Å². The fourth-order valence-electron chi connectivity index (χ4n) is 3.92. The summed E-state index contributed by atoms with van der Waals surface area (Å²) in [5.41, 5.74) is 4.27. The van der Waals surface area contributed by atoms with Gasteiger partial charge in [0.1, 0.15) is 16.9 Å². The molecule has 0 N–H and O–H groups in total. The number of hydrogen-bond donors (Lipinski definition) is 0. The Balaban J connectivity index is 1.73. The molecule has 7 heteroatoms. The zero-order chi connectivity index (χ0) is 17.1. The van der Waals surface area contributed by atoms with Crippen LogP contribution in [0, 0.1) is 12.8 Å². The molecule has 1 atom stereocenters. The number of aromatic nitrogens is 6. The van der Waals surface area contributed by atoms with Gasteiger partial charge >= 0.3 is 0 Å². The molecule has 0 aliphatic heterocycles. The van der Waals surface area contributed by atoms with Gasteiger partial charge in [-0.1, -0.05) is 13.3 Å². The number of rotatable bonds is 2. The molecule has 1 aliphatic rings. The van der Waals surface area contributed by atoms with Crippen molar-refractivity contribution >= 4 is 27.2 Å². The van der Waals surface area contributed by atoms with Crippen molar-refractivity contribution in [3.8, 4) is 11.5 Å². The van der Waals surface area contributed by atoms with Gasteiger partial charge < -0.3 is 0 Å². The van der Waals surface area contributed by atoms with Crippen molar-refractivity contribution in [1.82, 2.24) is 29.4 Å². The maximum atomic E-state index is 4.86. The topological polar surface area (TPSA) is 60.9 Å². The SMILES string of the molecule is CC[C@H]1CCc2c(sc3ncn4nc(-c5cc(C)nn5C)nc4c23)C1. The van der Waals surface area contributed by atoms with Gasteiger partial charge in [0.15, 0.2) is 11.5 Å². The molecule has 0 amide bonds. The van der Waals surface area contributed by atoms with E-state index in [9.17, 15) is 0 Å². The highest BCUT2D eigenvalue weighted by molar-refractivity contribution is 7.19. The van der Waals surface area contributed by atoms with Gasteiger partial charge in [0.2, 0.25) is 0 Å². The first-order valence-corrected chi connectivity index (χ1v) is 9.62. The normalized spacial score (nSPS) is 17.5. The largest absolute Gasteiger partial charge is 0.264 e. The molecule has 1 aliphatic carbocycles. The van der Waals surface area contributed by atoms with E-state index in [1.165, 1.54) is 35.1 Å². The Morgan fingerprint density at radius 3 is 2.96 bits per heavy atom. The molecule has 5 rings (SSSR count). The predicted octanol–water partition coefficient (Wildman–Crippen LogP) is 3.56. The number of aryl methyl sites for hydroxylation is 3. The summed E-state index contributed by atoms with van der Waals surface area (Å²) >= 11 is 1.84. The van der Waals surface area contributed by atoms with Crippen LogP contribution in [0.4, 0.5) is 0 Å². The van der Waals surface area contributed by atoms with Gasteiger partial charge in [0, 0.05) is 11.9 Å². The monoisotopic (exact) mass is 352 g/mol. The van der Waals surface area contributed by atoms with E-state index in [0.717, 1.165) is 34.2 Å². The van der Waals surface area contributed by atoms with Crippen molar-refractivity contribution in [3.63, 3.8) is 0 Å². The van der Waals surface area contributed by atoms with E-state index in [0.29, 0.717) is 5.82 Å². The highest BCUT2D eigenvalue weighted by atomic mass is 32.1. The lowest BCUT2D eigenvalue weighted by Gasteiger charge is -2.20. The highest BCUT2D eigenvalue weighted by Crippen LogP contribution is 2.39. The van der Waals surface area contributed by atoms with E-state index in [-0.39, 0.29) is 0 Å². The summed E-state index contributed by atoms with van der Waals surface area (Å²) in [5, 5.41) is 10.3. The second kappa shape index (κ2) is 5.36. The Morgan fingerprint density at radius 1 is 1.32 bits per heavy atom. The second-order valence-corrected chi connectivity index (χ2v) is 8.03. The standard InChI is InChI=1S/C18H20N6S/c1-4-11-5-6-12-14(8-11)25-18-15(12)17-20-16(22-24(17)9-19-18)13-7-10(2)21-23(13)3/h7,9,11H,4-6,8H2,1-3H3/t11-/m0/s1. The van der Waals surface area contributed by atoms with Gasteiger partial charge in [-0.15, -0.1) is 16.4 Å². The van der Waals surface area contributed by atoms with E-state index in [2.05, 4.69) is 22.1 Å². The van der Waals surface area contributed by atoms with Crippen LogP contribution in [0.5, 0.6) is 0 Å². The molecule has 0 spiro atoms. The Morgan fingerprint density at radius 2 is 2.20 bits per heavy atom. The molecule has 0 aromatic carbocycles. The zero-order valence-corrected chi connectivity index (χ0v) is 15.5. The zero-order valence-electron chi connectivity index (χ0n) is 14.7. The minimum Gasteiger partial charge on any atom is -0.264 e. The van der Waals surface area contributed by atoms with Crippen LogP contribution < -0.4 is 0 Å². The molecule has 25 heavy (non-hydrogen) atoms. The predicted molar refractivity (Wildman–Crippen MR) is 98.9 cm³/mol. The minimum atomic E-state index is 0.708. The molecule has 0 unspecified atom stereocenters. The Kier molecular flexibility index (Phi) is 3.22.